The van der Waals surface area contributed by atoms with Crippen molar-refractivity contribution in [2.75, 3.05) is 6.54 Å². The fraction of sp³-hybridized carbons (Fsp3) is 0.538. The third kappa shape index (κ3) is 4.98. The predicted octanol–water partition coefficient (Wildman–Crippen LogP) is 3.19. The third-order valence-electron chi connectivity index (χ3n) is 2.78. The fourth-order valence-corrected chi connectivity index (χ4v) is 1.78. The first-order chi connectivity index (χ1) is 8.96. The van der Waals surface area contributed by atoms with Crippen LogP contribution < -0.4 is 5.73 Å². The second-order valence-electron chi connectivity index (χ2n) is 4.30. The molecule has 0 radical (unpaired) electrons. The number of rotatable bonds is 7. The molecule has 0 saturated heterocycles. The van der Waals surface area contributed by atoms with Crippen LogP contribution in [-0.4, -0.2) is 17.3 Å². The number of hydrogen-bond donors (Lipinski definition) is 1. The van der Waals surface area contributed by atoms with Crippen LogP contribution in [0, 0.1) is 0 Å². The Morgan fingerprint density at radius 1 is 1.21 bits per heavy atom. The average Bonchev–Trinajstić information content (AvgIpc) is 2.37. The largest absolute Gasteiger partial charge is 0.417 e. The summed E-state index contributed by atoms with van der Waals surface area (Å²) < 4.78 is 38.1. The van der Waals surface area contributed by atoms with Gasteiger partial charge in [-0.1, -0.05) is 12.8 Å². The molecule has 0 spiro atoms. The summed E-state index contributed by atoms with van der Waals surface area (Å²) in [6.45, 7) is 0.592. The topological polar surface area (TPSA) is 56.0 Å². The Morgan fingerprint density at radius 2 is 1.89 bits per heavy atom. The molecule has 1 aromatic heterocycles. The molecule has 0 aromatic carbocycles. The number of nitrogens with zero attached hydrogens (tertiary/aromatic N) is 1. The van der Waals surface area contributed by atoms with E-state index in [0.29, 0.717) is 13.0 Å². The Labute approximate surface area is 110 Å². The predicted molar refractivity (Wildman–Crippen MR) is 65.7 cm³/mol. The number of unbranched alkanes of at least 4 members (excludes halogenated alkanes) is 3. The Morgan fingerprint density at radius 3 is 2.53 bits per heavy atom. The fourth-order valence-electron chi connectivity index (χ4n) is 1.78. The van der Waals surface area contributed by atoms with Gasteiger partial charge in [0.2, 0.25) is 0 Å². The van der Waals surface area contributed by atoms with Crippen LogP contribution in [0.25, 0.3) is 0 Å². The van der Waals surface area contributed by atoms with Crippen molar-refractivity contribution < 1.29 is 18.0 Å². The Kier molecular flexibility index (Phi) is 5.95. The highest BCUT2D eigenvalue weighted by Gasteiger charge is 2.34. The quantitative estimate of drug-likeness (QED) is 0.613. The van der Waals surface area contributed by atoms with E-state index in [1.54, 1.807) is 0 Å². The van der Waals surface area contributed by atoms with Gasteiger partial charge in [-0.3, -0.25) is 9.78 Å². The molecule has 0 aliphatic carbocycles. The highest BCUT2D eigenvalue weighted by Crippen LogP contribution is 2.32. The molecule has 0 unspecified atom stereocenters. The number of halogens is 3. The maximum atomic E-state index is 12.7. The van der Waals surface area contributed by atoms with Gasteiger partial charge in [-0.15, -0.1) is 0 Å². The number of nitrogens with two attached hydrogens (primary N) is 1. The average molecular weight is 274 g/mol. The highest BCUT2D eigenvalue weighted by molar-refractivity contribution is 5.97. The lowest BCUT2D eigenvalue weighted by Crippen LogP contribution is -2.13. The minimum Gasteiger partial charge on any atom is -0.330 e. The van der Waals surface area contributed by atoms with E-state index in [-0.39, 0.29) is 12.0 Å². The van der Waals surface area contributed by atoms with Gasteiger partial charge in [0.1, 0.15) is 0 Å². The van der Waals surface area contributed by atoms with Crippen molar-refractivity contribution >= 4 is 5.78 Å². The minimum atomic E-state index is -4.52. The van der Waals surface area contributed by atoms with Crippen molar-refractivity contribution in [3.63, 3.8) is 0 Å². The number of alkyl halides is 3. The van der Waals surface area contributed by atoms with Crippen LogP contribution in [0.1, 0.15) is 48.0 Å². The summed E-state index contributed by atoms with van der Waals surface area (Å²) in [5.41, 5.74) is 4.08. The number of carbonyl (C=O) groups is 1. The van der Waals surface area contributed by atoms with Gasteiger partial charge in [-0.2, -0.15) is 13.2 Å². The molecule has 1 aromatic rings. The summed E-state index contributed by atoms with van der Waals surface area (Å²) in [5, 5.41) is 0. The molecule has 0 saturated carbocycles. The van der Waals surface area contributed by atoms with Gasteiger partial charge in [0.25, 0.3) is 0 Å². The molecule has 1 rings (SSSR count). The van der Waals surface area contributed by atoms with E-state index in [2.05, 4.69) is 4.98 Å². The number of pyridine rings is 1. The molecule has 0 amide bonds. The lowest BCUT2D eigenvalue weighted by molar-refractivity contribution is -0.138. The number of carbonyl (C=O) groups excluding carboxylic acids is 1. The van der Waals surface area contributed by atoms with Crippen molar-refractivity contribution in [2.45, 2.75) is 38.3 Å². The van der Waals surface area contributed by atoms with Crippen LogP contribution in [0.2, 0.25) is 0 Å². The first-order valence-electron chi connectivity index (χ1n) is 6.21. The maximum Gasteiger partial charge on any atom is 0.417 e. The van der Waals surface area contributed by atoms with E-state index >= 15 is 0 Å². The van der Waals surface area contributed by atoms with Gasteiger partial charge in [0.05, 0.1) is 5.56 Å². The van der Waals surface area contributed by atoms with E-state index in [1.807, 2.05) is 0 Å². The highest BCUT2D eigenvalue weighted by atomic mass is 19.4. The van der Waals surface area contributed by atoms with Crippen molar-refractivity contribution in [1.82, 2.24) is 4.98 Å². The Bertz CT molecular complexity index is 419. The summed E-state index contributed by atoms with van der Waals surface area (Å²) in [5.74, 6) is -0.506. The minimum absolute atomic E-state index is 0.110. The second-order valence-corrected chi connectivity index (χ2v) is 4.30. The van der Waals surface area contributed by atoms with Crippen LogP contribution in [0.15, 0.2) is 18.5 Å². The molecular formula is C13H17F3N2O. The van der Waals surface area contributed by atoms with E-state index in [1.165, 1.54) is 0 Å². The lowest BCUT2D eigenvalue weighted by atomic mass is 10.0. The summed E-state index contributed by atoms with van der Waals surface area (Å²) in [7, 11) is 0. The molecule has 1 heterocycles. The van der Waals surface area contributed by atoms with Crippen molar-refractivity contribution in [1.29, 1.82) is 0 Å². The smallest absolute Gasteiger partial charge is 0.330 e. The zero-order chi connectivity index (χ0) is 14.3. The monoisotopic (exact) mass is 274 g/mol. The standard InChI is InChI=1S/C13H17F3N2O/c14-13(15,16)11-6-8-18-9-10(11)12(19)5-3-1-2-4-7-17/h6,8-9H,1-5,7,17H2. The lowest BCUT2D eigenvalue weighted by Gasteiger charge is -2.11. The van der Waals surface area contributed by atoms with Gasteiger partial charge < -0.3 is 5.73 Å². The SMILES string of the molecule is NCCCCCCC(=O)c1cnccc1C(F)(F)F. The van der Waals surface area contributed by atoms with Gasteiger partial charge in [-0.05, 0) is 25.5 Å². The van der Waals surface area contributed by atoms with Crippen LogP contribution in [0.3, 0.4) is 0 Å². The van der Waals surface area contributed by atoms with Crippen LogP contribution in [0.5, 0.6) is 0 Å². The summed E-state index contributed by atoms with van der Waals surface area (Å²) in [6.07, 6.45) is 0.756. The van der Waals surface area contributed by atoms with Crippen LogP contribution in [-0.2, 0) is 6.18 Å². The molecule has 19 heavy (non-hydrogen) atoms. The van der Waals surface area contributed by atoms with Gasteiger partial charge in [0.15, 0.2) is 5.78 Å². The van der Waals surface area contributed by atoms with E-state index in [4.69, 9.17) is 5.73 Å². The van der Waals surface area contributed by atoms with Crippen molar-refractivity contribution in [3.8, 4) is 0 Å². The number of aromatic nitrogens is 1. The molecule has 0 bridgehead atoms. The van der Waals surface area contributed by atoms with E-state index in [0.717, 1.165) is 37.7 Å². The molecule has 106 valence electrons. The molecule has 0 aliphatic heterocycles. The number of hydrogen-bond acceptors (Lipinski definition) is 3. The maximum absolute atomic E-state index is 12.7. The number of Topliss-reactive ketones (excluding diaryl/α,β-unsaturated/α-hetero) is 1. The van der Waals surface area contributed by atoms with Crippen molar-refractivity contribution in [2.24, 2.45) is 5.73 Å². The molecule has 6 heteroatoms. The normalized spacial score (nSPS) is 11.6. The first-order valence-corrected chi connectivity index (χ1v) is 6.21. The Hall–Kier alpha value is -1.43. The zero-order valence-electron chi connectivity index (χ0n) is 10.5. The summed E-state index contributed by atoms with van der Waals surface area (Å²) >= 11 is 0. The van der Waals surface area contributed by atoms with E-state index in [9.17, 15) is 18.0 Å². The zero-order valence-corrected chi connectivity index (χ0v) is 10.5. The second kappa shape index (κ2) is 7.23. The van der Waals surface area contributed by atoms with Crippen LogP contribution in [0.4, 0.5) is 13.2 Å². The van der Waals surface area contributed by atoms with Crippen molar-refractivity contribution in [3.05, 3.63) is 29.6 Å². The van der Waals surface area contributed by atoms with E-state index < -0.39 is 17.5 Å². The van der Waals surface area contributed by atoms with Gasteiger partial charge >= 0.3 is 6.18 Å². The first kappa shape index (κ1) is 15.6. The molecular weight excluding hydrogens is 257 g/mol. The summed E-state index contributed by atoms with van der Waals surface area (Å²) in [4.78, 5) is 15.4. The molecule has 0 aliphatic rings. The van der Waals surface area contributed by atoms with Crippen LogP contribution >= 0.6 is 0 Å². The number of ketones is 1. The molecule has 3 nitrogen and oxygen atoms in total. The molecule has 0 fully saturated rings. The molecule has 0 atom stereocenters. The van der Waals surface area contributed by atoms with Gasteiger partial charge in [0, 0.05) is 24.4 Å². The molecule has 2 N–H and O–H groups in total. The van der Waals surface area contributed by atoms with Gasteiger partial charge in [-0.25, -0.2) is 0 Å². The Balaban J connectivity index is 2.62. The third-order valence-corrected chi connectivity index (χ3v) is 2.78. The summed E-state index contributed by atoms with van der Waals surface area (Å²) in [6, 6.07) is 0.835.